The molecule has 0 spiro atoms. The van der Waals surface area contributed by atoms with Crippen molar-refractivity contribution in [3.05, 3.63) is 60.0 Å². The van der Waals surface area contributed by atoms with Crippen LogP contribution in [0.4, 0.5) is 0 Å². The van der Waals surface area contributed by atoms with Gasteiger partial charge in [-0.3, -0.25) is 9.59 Å². The van der Waals surface area contributed by atoms with Gasteiger partial charge in [-0.05, 0) is 49.2 Å². The number of hydrogen-bond acceptors (Lipinski definition) is 7. The van der Waals surface area contributed by atoms with Crippen LogP contribution in [0.1, 0.15) is 37.1 Å². The zero-order valence-electron chi connectivity index (χ0n) is 19.1. The molecule has 3 atom stereocenters. The number of carbonyl (C=O) groups excluding carboxylic acids is 2. The Labute approximate surface area is 196 Å². The van der Waals surface area contributed by atoms with E-state index in [4.69, 9.17) is 19.7 Å². The average molecular weight is 463 g/mol. The predicted octanol–water partition coefficient (Wildman–Crippen LogP) is 2.90. The number of piperidine rings is 1. The smallest absolute Gasteiger partial charge is 0.238 e. The Bertz CT molecular complexity index is 1220. The lowest BCUT2D eigenvalue weighted by Gasteiger charge is -2.52. The number of methoxy groups -OCH3 is 1. The van der Waals surface area contributed by atoms with Crippen molar-refractivity contribution in [1.29, 1.82) is 0 Å². The fraction of sp³-hybridized carbons (Fsp3) is 0.360. The van der Waals surface area contributed by atoms with Gasteiger partial charge in [0, 0.05) is 30.9 Å². The molecule has 3 heterocycles. The molecule has 0 saturated carbocycles. The van der Waals surface area contributed by atoms with Crippen LogP contribution in [0, 0.1) is 5.92 Å². The molecule has 2 aliphatic rings. The molecule has 0 aliphatic carbocycles. The third-order valence-corrected chi connectivity index (χ3v) is 6.65. The van der Waals surface area contributed by atoms with Gasteiger partial charge in [-0.1, -0.05) is 23.4 Å². The van der Waals surface area contributed by atoms with E-state index in [1.165, 1.54) is 0 Å². The second kappa shape index (κ2) is 8.48. The molecular weight excluding hydrogens is 436 g/mol. The quantitative estimate of drug-likeness (QED) is 0.536. The van der Waals surface area contributed by atoms with E-state index in [0.717, 1.165) is 16.9 Å². The number of hydrogen-bond donors (Lipinski definition) is 1. The largest absolute Gasteiger partial charge is 0.497 e. The van der Waals surface area contributed by atoms with Crippen LogP contribution in [0.5, 0.6) is 11.5 Å². The van der Waals surface area contributed by atoms with E-state index in [2.05, 4.69) is 10.1 Å². The Hall–Kier alpha value is -3.88. The van der Waals surface area contributed by atoms with Gasteiger partial charge in [-0.15, -0.1) is 0 Å². The first-order chi connectivity index (χ1) is 16.4. The van der Waals surface area contributed by atoms with Crippen molar-refractivity contribution >= 4 is 11.8 Å². The molecule has 2 amide bonds. The topological polar surface area (TPSA) is 121 Å². The van der Waals surface area contributed by atoms with Crippen molar-refractivity contribution in [2.24, 2.45) is 11.7 Å². The monoisotopic (exact) mass is 462 g/mol. The number of likely N-dealkylation sites (tertiary alicyclic amines) is 1. The lowest BCUT2D eigenvalue weighted by molar-refractivity contribution is -0.175. The highest BCUT2D eigenvalue weighted by atomic mass is 16.5. The molecule has 9 heteroatoms. The number of carbonyl (C=O) groups is 2. The summed E-state index contributed by atoms with van der Waals surface area (Å²) >= 11 is 0. The van der Waals surface area contributed by atoms with Crippen LogP contribution < -0.4 is 15.2 Å². The second-order valence-corrected chi connectivity index (χ2v) is 8.84. The van der Waals surface area contributed by atoms with Crippen LogP contribution in [0.15, 0.2) is 53.1 Å². The Kier molecular flexibility index (Phi) is 5.47. The molecule has 34 heavy (non-hydrogen) atoms. The van der Waals surface area contributed by atoms with Crippen molar-refractivity contribution in [3.8, 4) is 22.9 Å². The lowest BCUT2D eigenvalue weighted by atomic mass is 9.73. The molecule has 2 bridgehead atoms. The van der Waals surface area contributed by atoms with Gasteiger partial charge in [0.2, 0.25) is 23.5 Å². The number of nitrogens with two attached hydrogens (primary N) is 1. The molecule has 2 aromatic carbocycles. The summed E-state index contributed by atoms with van der Waals surface area (Å²) in [6, 6.07) is 14.9. The number of aryl methyl sites for hydroxylation is 1. The maximum atomic E-state index is 13.4. The average Bonchev–Trinajstić information content (AvgIpc) is 3.30. The molecule has 176 valence electrons. The zero-order chi connectivity index (χ0) is 23.9. The number of fused-ring (bicyclic) bond motifs is 4. The van der Waals surface area contributed by atoms with E-state index in [0.29, 0.717) is 43.3 Å². The van der Waals surface area contributed by atoms with Gasteiger partial charge in [0.15, 0.2) is 5.72 Å². The summed E-state index contributed by atoms with van der Waals surface area (Å²) in [7, 11) is 1.61. The number of primary amides is 1. The molecule has 1 fully saturated rings. The first-order valence-corrected chi connectivity index (χ1v) is 11.3. The Morgan fingerprint density at radius 3 is 2.74 bits per heavy atom. The molecule has 3 unspecified atom stereocenters. The SMILES string of the molecule is COc1ccc(-c2noc(CCCN3C(=O)C(C(N)=O)C4CC3(C)Oc3ccccc34)n2)cc1. The van der Waals surface area contributed by atoms with E-state index < -0.39 is 17.6 Å². The normalized spacial score (nSPS) is 23.2. The first-order valence-electron chi connectivity index (χ1n) is 11.3. The summed E-state index contributed by atoms with van der Waals surface area (Å²) in [5, 5.41) is 4.05. The first kappa shape index (κ1) is 21.9. The maximum Gasteiger partial charge on any atom is 0.238 e. The molecular formula is C25H26N4O5. The minimum absolute atomic E-state index is 0.292. The van der Waals surface area contributed by atoms with Crippen molar-refractivity contribution in [3.63, 3.8) is 0 Å². The minimum Gasteiger partial charge on any atom is -0.497 e. The molecule has 1 aromatic heterocycles. The zero-order valence-corrected chi connectivity index (χ0v) is 19.1. The molecule has 2 N–H and O–H groups in total. The van der Waals surface area contributed by atoms with Gasteiger partial charge < -0.3 is 24.6 Å². The Balaban J connectivity index is 1.30. The summed E-state index contributed by atoms with van der Waals surface area (Å²) < 4.78 is 16.9. The number of nitrogens with zero attached hydrogens (tertiary/aromatic N) is 3. The van der Waals surface area contributed by atoms with Gasteiger partial charge in [-0.2, -0.15) is 4.98 Å². The summed E-state index contributed by atoms with van der Waals surface area (Å²) in [6.45, 7) is 2.26. The van der Waals surface area contributed by atoms with E-state index in [1.807, 2.05) is 55.5 Å². The Morgan fingerprint density at radius 1 is 1.24 bits per heavy atom. The van der Waals surface area contributed by atoms with Crippen LogP contribution in [-0.2, 0) is 16.0 Å². The standard InChI is InChI=1S/C25H26N4O5/c1-25-14-18(17-6-3-4-7-19(17)33-25)21(22(26)30)24(31)29(25)13-5-8-20-27-23(28-34-20)15-9-11-16(32-2)12-10-15/h3-4,6-7,9-12,18,21H,5,8,13-14H2,1-2H3,(H2,26,30). The van der Waals surface area contributed by atoms with Crippen LogP contribution in [0.2, 0.25) is 0 Å². The summed E-state index contributed by atoms with van der Waals surface area (Å²) in [5.41, 5.74) is 6.50. The van der Waals surface area contributed by atoms with Crippen LogP contribution >= 0.6 is 0 Å². The highest BCUT2D eigenvalue weighted by Gasteiger charge is 2.55. The number of aromatic nitrogens is 2. The number of rotatable bonds is 7. The van der Waals surface area contributed by atoms with Gasteiger partial charge >= 0.3 is 0 Å². The van der Waals surface area contributed by atoms with Gasteiger partial charge in [0.25, 0.3) is 0 Å². The third kappa shape index (κ3) is 3.76. The summed E-state index contributed by atoms with van der Waals surface area (Å²) in [5.74, 6) is 0.275. The molecule has 5 rings (SSSR count). The number of ether oxygens (including phenoxy) is 2. The molecule has 3 aromatic rings. The lowest BCUT2D eigenvalue weighted by Crippen LogP contribution is -2.64. The third-order valence-electron chi connectivity index (χ3n) is 6.65. The van der Waals surface area contributed by atoms with Crippen molar-refractivity contribution in [2.75, 3.05) is 13.7 Å². The number of benzene rings is 2. The van der Waals surface area contributed by atoms with Gasteiger partial charge in [-0.25, -0.2) is 0 Å². The summed E-state index contributed by atoms with van der Waals surface area (Å²) in [6.07, 6.45) is 1.54. The van der Waals surface area contributed by atoms with E-state index in [9.17, 15) is 9.59 Å². The molecule has 1 saturated heterocycles. The van der Waals surface area contributed by atoms with E-state index >= 15 is 0 Å². The van der Waals surface area contributed by atoms with E-state index in [-0.39, 0.29) is 11.8 Å². The maximum absolute atomic E-state index is 13.4. The van der Waals surface area contributed by atoms with Crippen LogP contribution in [-0.4, -0.2) is 46.2 Å². The van der Waals surface area contributed by atoms with E-state index in [1.54, 1.807) is 12.0 Å². The van der Waals surface area contributed by atoms with Crippen LogP contribution in [0.3, 0.4) is 0 Å². The summed E-state index contributed by atoms with van der Waals surface area (Å²) in [4.78, 5) is 31.8. The van der Waals surface area contributed by atoms with Crippen molar-refractivity contribution in [2.45, 2.75) is 37.8 Å². The molecule has 0 radical (unpaired) electrons. The van der Waals surface area contributed by atoms with Crippen molar-refractivity contribution in [1.82, 2.24) is 15.0 Å². The second-order valence-electron chi connectivity index (χ2n) is 8.84. The Morgan fingerprint density at radius 2 is 2.00 bits per heavy atom. The highest BCUT2D eigenvalue weighted by molar-refractivity contribution is 6.01. The number of amides is 2. The van der Waals surface area contributed by atoms with Crippen LogP contribution in [0.25, 0.3) is 11.4 Å². The number of para-hydroxylation sites is 1. The highest BCUT2D eigenvalue weighted by Crippen LogP contribution is 2.50. The van der Waals surface area contributed by atoms with Crippen molar-refractivity contribution < 1.29 is 23.6 Å². The molecule has 9 nitrogen and oxygen atoms in total. The minimum atomic E-state index is -0.914. The molecule has 2 aliphatic heterocycles. The van der Waals surface area contributed by atoms with Gasteiger partial charge in [0.1, 0.15) is 17.4 Å². The van der Waals surface area contributed by atoms with Gasteiger partial charge in [0.05, 0.1) is 7.11 Å². The fourth-order valence-electron chi connectivity index (χ4n) is 4.98. The fourth-order valence-corrected chi connectivity index (χ4v) is 4.98. The predicted molar refractivity (Wildman–Crippen MR) is 122 cm³/mol.